The van der Waals surface area contributed by atoms with E-state index in [-0.39, 0.29) is 0 Å². The molecule has 0 saturated heterocycles. The standard InChI is InChI=1S/C27H28N2O4/c1-19-23(28-26(33-19)22-9-4-3-5-10-22)12-8-11-21-14-13-20(18-25(21)32-2)17-24(27(30)31)29-15-6-7-16-29/h3-7,9-10,13-16,18,24H,8,11-12,17H2,1-2H3,(H,30,31)/t24-/m0/s1. The van der Waals surface area contributed by atoms with E-state index in [2.05, 4.69) is 4.98 Å². The number of nitrogens with zero attached hydrogens (tertiary/aromatic N) is 2. The summed E-state index contributed by atoms with van der Waals surface area (Å²) in [5.74, 6) is 1.43. The van der Waals surface area contributed by atoms with Gasteiger partial charge in [-0.05, 0) is 67.6 Å². The lowest BCUT2D eigenvalue weighted by Gasteiger charge is -2.16. The summed E-state index contributed by atoms with van der Waals surface area (Å²) in [4.78, 5) is 16.4. The Morgan fingerprint density at radius 2 is 1.85 bits per heavy atom. The molecule has 2 aromatic heterocycles. The van der Waals surface area contributed by atoms with Crippen LogP contribution >= 0.6 is 0 Å². The zero-order chi connectivity index (χ0) is 23.2. The summed E-state index contributed by atoms with van der Waals surface area (Å²) in [6, 6.07) is 18.9. The zero-order valence-corrected chi connectivity index (χ0v) is 18.9. The van der Waals surface area contributed by atoms with Crippen LogP contribution in [-0.2, 0) is 24.1 Å². The van der Waals surface area contributed by atoms with Gasteiger partial charge in [0.05, 0.1) is 12.8 Å². The van der Waals surface area contributed by atoms with Crippen molar-refractivity contribution in [2.75, 3.05) is 7.11 Å². The van der Waals surface area contributed by atoms with Crippen molar-refractivity contribution in [2.24, 2.45) is 0 Å². The first-order chi connectivity index (χ1) is 16.0. The second-order valence-corrected chi connectivity index (χ2v) is 8.08. The Hall–Kier alpha value is -3.80. The number of ether oxygens (including phenoxy) is 1. The molecule has 0 radical (unpaired) electrons. The number of carboxylic acids is 1. The first-order valence-corrected chi connectivity index (χ1v) is 11.1. The summed E-state index contributed by atoms with van der Waals surface area (Å²) in [6.45, 7) is 1.95. The van der Waals surface area contributed by atoms with Crippen LogP contribution in [0.25, 0.3) is 11.5 Å². The highest BCUT2D eigenvalue weighted by Gasteiger charge is 2.20. The monoisotopic (exact) mass is 444 g/mol. The van der Waals surface area contributed by atoms with Gasteiger partial charge >= 0.3 is 5.97 Å². The fraction of sp³-hybridized carbons (Fsp3) is 0.259. The predicted molar refractivity (Wildman–Crippen MR) is 127 cm³/mol. The third-order valence-electron chi connectivity index (χ3n) is 5.83. The second-order valence-electron chi connectivity index (χ2n) is 8.08. The molecule has 4 rings (SSSR count). The first-order valence-electron chi connectivity index (χ1n) is 11.1. The minimum Gasteiger partial charge on any atom is -0.496 e. The van der Waals surface area contributed by atoms with Crippen LogP contribution in [0.1, 0.15) is 35.0 Å². The number of hydrogen-bond donors (Lipinski definition) is 1. The number of rotatable bonds is 10. The summed E-state index contributed by atoms with van der Waals surface area (Å²) in [6.07, 6.45) is 6.48. The SMILES string of the molecule is COc1cc(C[C@@H](C(=O)O)n2cccc2)ccc1CCCc1nc(-c2ccccc2)oc1C. The van der Waals surface area contributed by atoms with Crippen LogP contribution in [0.15, 0.2) is 77.5 Å². The van der Waals surface area contributed by atoms with E-state index in [1.54, 1.807) is 24.1 Å². The molecule has 4 aromatic rings. The molecule has 1 atom stereocenters. The van der Waals surface area contributed by atoms with Crippen molar-refractivity contribution in [1.29, 1.82) is 0 Å². The van der Waals surface area contributed by atoms with Gasteiger partial charge in [0, 0.05) is 24.4 Å². The molecule has 0 aliphatic rings. The number of methoxy groups -OCH3 is 1. The molecule has 170 valence electrons. The van der Waals surface area contributed by atoms with Gasteiger partial charge in [0.15, 0.2) is 0 Å². The highest BCUT2D eigenvalue weighted by Crippen LogP contribution is 2.26. The molecule has 0 amide bonds. The number of aliphatic carboxylic acids is 1. The van der Waals surface area contributed by atoms with E-state index < -0.39 is 12.0 Å². The topological polar surface area (TPSA) is 77.5 Å². The van der Waals surface area contributed by atoms with Gasteiger partial charge < -0.3 is 18.8 Å². The van der Waals surface area contributed by atoms with Crippen LogP contribution in [0.2, 0.25) is 0 Å². The maximum absolute atomic E-state index is 11.8. The first kappa shape index (κ1) is 22.4. The molecule has 0 bridgehead atoms. The number of aryl methyl sites for hydroxylation is 3. The van der Waals surface area contributed by atoms with E-state index >= 15 is 0 Å². The summed E-state index contributed by atoms with van der Waals surface area (Å²) in [5.41, 5.74) is 3.97. The van der Waals surface area contributed by atoms with Gasteiger partial charge in [-0.3, -0.25) is 0 Å². The molecular weight excluding hydrogens is 416 g/mol. The summed E-state index contributed by atoms with van der Waals surface area (Å²) < 4.78 is 13.2. The quantitative estimate of drug-likeness (QED) is 0.349. The zero-order valence-electron chi connectivity index (χ0n) is 18.9. The van der Waals surface area contributed by atoms with Crippen molar-refractivity contribution >= 4 is 5.97 Å². The molecule has 0 aliphatic carbocycles. The molecule has 0 saturated carbocycles. The highest BCUT2D eigenvalue weighted by atomic mass is 16.5. The van der Waals surface area contributed by atoms with Crippen molar-refractivity contribution in [3.05, 3.63) is 95.6 Å². The van der Waals surface area contributed by atoms with E-state index in [0.29, 0.717) is 12.3 Å². The van der Waals surface area contributed by atoms with Gasteiger partial charge in [0.2, 0.25) is 5.89 Å². The van der Waals surface area contributed by atoms with Crippen LogP contribution in [0, 0.1) is 6.92 Å². The average Bonchev–Trinajstić information content (AvgIpc) is 3.48. The van der Waals surface area contributed by atoms with E-state index in [0.717, 1.165) is 53.2 Å². The Kier molecular flexibility index (Phi) is 6.93. The molecule has 6 heteroatoms. The third kappa shape index (κ3) is 5.34. The molecule has 6 nitrogen and oxygen atoms in total. The van der Waals surface area contributed by atoms with Crippen LogP contribution in [0.4, 0.5) is 0 Å². The van der Waals surface area contributed by atoms with Gasteiger partial charge in [0.25, 0.3) is 0 Å². The molecule has 0 unspecified atom stereocenters. The maximum Gasteiger partial charge on any atom is 0.327 e. The van der Waals surface area contributed by atoms with E-state index in [9.17, 15) is 9.90 Å². The van der Waals surface area contributed by atoms with E-state index in [4.69, 9.17) is 9.15 Å². The third-order valence-corrected chi connectivity index (χ3v) is 5.83. The van der Waals surface area contributed by atoms with Crippen molar-refractivity contribution in [3.63, 3.8) is 0 Å². The molecule has 1 N–H and O–H groups in total. The van der Waals surface area contributed by atoms with Crippen LogP contribution in [0.3, 0.4) is 0 Å². The number of oxazole rings is 1. The van der Waals surface area contributed by atoms with Crippen molar-refractivity contribution in [3.8, 4) is 17.2 Å². The van der Waals surface area contributed by atoms with Gasteiger partial charge in [-0.2, -0.15) is 0 Å². The van der Waals surface area contributed by atoms with Crippen LogP contribution < -0.4 is 4.74 Å². The van der Waals surface area contributed by atoms with Gasteiger partial charge in [0.1, 0.15) is 17.6 Å². The number of hydrogen-bond acceptors (Lipinski definition) is 4. The number of carboxylic acid groups (broad SMARTS) is 1. The molecule has 2 heterocycles. The van der Waals surface area contributed by atoms with Gasteiger partial charge in [-0.1, -0.05) is 30.3 Å². The Labute approximate surface area is 193 Å². The average molecular weight is 445 g/mol. The van der Waals surface area contributed by atoms with Gasteiger partial charge in [-0.15, -0.1) is 0 Å². The minimum absolute atomic E-state index is 0.390. The normalized spacial score (nSPS) is 11.9. The number of carbonyl (C=O) groups is 1. The molecule has 0 aliphatic heterocycles. The lowest BCUT2D eigenvalue weighted by Crippen LogP contribution is -2.20. The Morgan fingerprint density at radius 1 is 1.09 bits per heavy atom. The van der Waals surface area contributed by atoms with Gasteiger partial charge in [-0.25, -0.2) is 9.78 Å². The lowest BCUT2D eigenvalue weighted by atomic mass is 10.00. The molecule has 2 aromatic carbocycles. The minimum atomic E-state index is -0.855. The van der Waals surface area contributed by atoms with Crippen LogP contribution in [0.5, 0.6) is 5.75 Å². The van der Waals surface area contributed by atoms with E-state index in [1.807, 2.05) is 67.6 Å². The molecular formula is C27H28N2O4. The van der Waals surface area contributed by atoms with Crippen molar-refractivity contribution < 1.29 is 19.1 Å². The maximum atomic E-state index is 11.8. The van der Waals surface area contributed by atoms with Crippen LogP contribution in [-0.4, -0.2) is 27.7 Å². The predicted octanol–water partition coefficient (Wildman–Crippen LogP) is 5.50. The van der Waals surface area contributed by atoms with Crippen molar-refractivity contribution in [1.82, 2.24) is 9.55 Å². The number of benzene rings is 2. The Balaban J connectivity index is 1.41. The summed E-state index contributed by atoms with van der Waals surface area (Å²) in [5, 5.41) is 9.64. The fourth-order valence-corrected chi connectivity index (χ4v) is 4.03. The highest BCUT2D eigenvalue weighted by molar-refractivity contribution is 5.72. The lowest BCUT2D eigenvalue weighted by molar-refractivity contribution is -0.140. The molecule has 33 heavy (non-hydrogen) atoms. The summed E-state index contributed by atoms with van der Waals surface area (Å²) >= 11 is 0. The summed E-state index contributed by atoms with van der Waals surface area (Å²) in [7, 11) is 1.65. The second kappa shape index (κ2) is 10.2. The van der Waals surface area contributed by atoms with E-state index in [1.165, 1.54) is 0 Å². The Morgan fingerprint density at radius 3 is 2.55 bits per heavy atom. The molecule has 0 spiro atoms. The Bertz CT molecular complexity index is 1200. The van der Waals surface area contributed by atoms with Crippen molar-refractivity contribution in [2.45, 2.75) is 38.6 Å². The largest absolute Gasteiger partial charge is 0.496 e. The fourth-order valence-electron chi connectivity index (χ4n) is 4.03. The smallest absolute Gasteiger partial charge is 0.327 e. The number of aromatic nitrogens is 2. The molecule has 0 fully saturated rings.